The first-order valence-electron chi connectivity index (χ1n) is 11.3. The summed E-state index contributed by atoms with van der Waals surface area (Å²) in [5, 5.41) is 5.99. The van der Waals surface area contributed by atoms with Crippen LogP contribution in [-0.4, -0.2) is 38.1 Å². The van der Waals surface area contributed by atoms with Crippen LogP contribution in [-0.2, 0) is 6.54 Å². The normalized spacial score (nSPS) is 13.9. The fourth-order valence-electron chi connectivity index (χ4n) is 4.14. The molecule has 0 unspecified atom stereocenters. The highest BCUT2D eigenvalue weighted by Gasteiger charge is 2.24. The van der Waals surface area contributed by atoms with Gasteiger partial charge < -0.3 is 20.3 Å². The molecule has 0 aromatic heterocycles. The Kier molecular flexibility index (Phi) is 7.42. The lowest BCUT2D eigenvalue weighted by molar-refractivity contribution is 0.0929. The minimum absolute atomic E-state index is 0.0693. The Morgan fingerprint density at radius 3 is 2.41 bits per heavy atom. The molecule has 1 saturated heterocycles. The number of ether oxygens (including phenoxy) is 1. The van der Waals surface area contributed by atoms with E-state index in [-0.39, 0.29) is 30.2 Å². The Labute approximate surface area is 198 Å². The molecule has 1 aliphatic rings. The fourth-order valence-corrected chi connectivity index (χ4v) is 4.14. The van der Waals surface area contributed by atoms with Crippen molar-refractivity contribution in [2.45, 2.75) is 25.4 Å². The average molecular weight is 462 g/mol. The van der Waals surface area contributed by atoms with E-state index in [1.54, 1.807) is 49.6 Å². The summed E-state index contributed by atoms with van der Waals surface area (Å²) in [4.78, 5) is 27.6. The van der Waals surface area contributed by atoms with Crippen molar-refractivity contribution >= 4 is 17.5 Å². The zero-order valence-electron chi connectivity index (χ0n) is 19.1. The van der Waals surface area contributed by atoms with Crippen molar-refractivity contribution in [1.82, 2.24) is 10.6 Å². The van der Waals surface area contributed by atoms with Crippen molar-refractivity contribution in [3.63, 3.8) is 0 Å². The van der Waals surface area contributed by atoms with Gasteiger partial charge in [-0.05, 0) is 66.9 Å². The maximum Gasteiger partial charge on any atom is 0.253 e. The van der Waals surface area contributed by atoms with Crippen LogP contribution in [0.4, 0.5) is 10.1 Å². The number of nitrogens with one attached hydrogen (secondary N) is 2. The summed E-state index contributed by atoms with van der Waals surface area (Å²) in [6, 6.07) is 20.8. The van der Waals surface area contributed by atoms with E-state index in [1.807, 2.05) is 18.2 Å². The maximum absolute atomic E-state index is 13.4. The number of para-hydroxylation sites is 1. The number of piperidine rings is 1. The van der Waals surface area contributed by atoms with Crippen molar-refractivity contribution < 1.29 is 18.7 Å². The summed E-state index contributed by atoms with van der Waals surface area (Å²) >= 11 is 0. The smallest absolute Gasteiger partial charge is 0.253 e. The standard InChI is InChI=1S/C27H28FN3O3/c1-34-23-11-9-20(10-12-23)26(32)30-22-13-15-31(16-14-22)25-8-3-2-7-24(25)27(33)29-18-19-5-4-6-21(28)17-19/h2-12,17,22H,13-16,18H2,1H3,(H,29,33)(H,30,32). The Morgan fingerprint density at radius 2 is 1.71 bits per heavy atom. The number of hydrogen-bond acceptors (Lipinski definition) is 4. The molecule has 0 radical (unpaired) electrons. The van der Waals surface area contributed by atoms with Crippen LogP contribution in [0.2, 0.25) is 0 Å². The van der Waals surface area contributed by atoms with Crippen LogP contribution in [0.15, 0.2) is 72.8 Å². The predicted octanol–water partition coefficient (Wildman–Crippen LogP) is 4.16. The molecule has 176 valence electrons. The Bertz CT molecular complexity index is 1140. The molecule has 1 heterocycles. The molecule has 0 aliphatic carbocycles. The molecule has 3 aromatic carbocycles. The topological polar surface area (TPSA) is 70.7 Å². The van der Waals surface area contributed by atoms with Crippen molar-refractivity contribution in [3.8, 4) is 5.75 Å². The number of methoxy groups -OCH3 is 1. The van der Waals surface area contributed by atoms with E-state index in [2.05, 4.69) is 15.5 Å². The lowest BCUT2D eigenvalue weighted by atomic mass is 10.0. The van der Waals surface area contributed by atoms with Gasteiger partial charge in [0.15, 0.2) is 0 Å². The van der Waals surface area contributed by atoms with Gasteiger partial charge in [-0.15, -0.1) is 0 Å². The third kappa shape index (κ3) is 5.73. The molecular weight excluding hydrogens is 433 g/mol. The van der Waals surface area contributed by atoms with Gasteiger partial charge in [-0.1, -0.05) is 24.3 Å². The Morgan fingerprint density at radius 1 is 0.971 bits per heavy atom. The van der Waals surface area contributed by atoms with Crippen LogP contribution in [0.1, 0.15) is 39.1 Å². The van der Waals surface area contributed by atoms with Crippen molar-refractivity contribution in [3.05, 3.63) is 95.3 Å². The highest BCUT2D eigenvalue weighted by atomic mass is 19.1. The molecule has 4 rings (SSSR count). The molecule has 2 amide bonds. The molecule has 0 atom stereocenters. The van der Waals surface area contributed by atoms with E-state index in [0.717, 1.165) is 31.6 Å². The zero-order chi connectivity index (χ0) is 23.9. The number of rotatable bonds is 7. The molecule has 0 bridgehead atoms. The number of benzene rings is 3. The maximum atomic E-state index is 13.4. The van der Waals surface area contributed by atoms with Crippen LogP contribution in [0, 0.1) is 5.82 Å². The van der Waals surface area contributed by atoms with Gasteiger partial charge in [0, 0.05) is 36.9 Å². The summed E-state index contributed by atoms with van der Waals surface area (Å²) in [5.74, 6) is 0.0885. The van der Waals surface area contributed by atoms with Crippen molar-refractivity contribution in [2.75, 3.05) is 25.1 Å². The first kappa shape index (κ1) is 23.3. The van der Waals surface area contributed by atoms with Gasteiger partial charge in [-0.3, -0.25) is 9.59 Å². The van der Waals surface area contributed by atoms with E-state index < -0.39 is 0 Å². The molecular formula is C27H28FN3O3. The van der Waals surface area contributed by atoms with Gasteiger partial charge in [-0.25, -0.2) is 4.39 Å². The van der Waals surface area contributed by atoms with Crippen LogP contribution >= 0.6 is 0 Å². The second kappa shape index (κ2) is 10.8. The molecule has 2 N–H and O–H groups in total. The number of hydrogen-bond donors (Lipinski definition) is 2. The van der Waals surface area contributed by atoms with E-state index in [1.165, 1.54) is 12.1 Å². The summed E-state index contributed by atoms with van der Waals surface area (Å²) in [6.45, 7) is 1.70. The number of carbonyl (C=O) groups excluding carboxylic acids is 2. The number of carbonyl (C=O) groups is 2. The summed E-state index contributed by atoms with van der Waals surface area (Å²) in [7, 11) is 1.59. The number of halogens is 1. The predicted molar refractivity (Wildman–Crippen MR) is 130 cm³/mol. The first-order valence-corrected chi connectivity index (χ1v) is 11.3. The van der Waals surface area contributed by atoms with Gasteiger partial charge in [0.05, 0.1) is 12.7 Å². The molecule has 1 aliphatic heterocycles. The summed E-state index contributed by atoms with van der Waals surface area (Å²) < 4.78 is 18.5. The molecule has 3 aromatic rings. The Hall–Kier alpha value is -3.87. The number of anilines is 1. The summed E-state index contributed by atoms with van der Waals surface area (Å²) in [6.07, 6.45) is 1.56. The molecule has 0 spiro atoms. The van der Waals surface area contributed by atoms with Crippen LogP contribution in [0.25, 0.3) is 0 Å². The molecule has 34 heavy (non-hydrogen) atoms. The fraction of sp³-hybridized carbons (Fsp3) is 0.259. The van der Waals surface area contributed by atoms with Gasteiger partial charge in [0.25, 0.3) is 11.8 Å². The largest absolute Gasteiger partial charge is 0.497 e. The SMILES string of the molecule is COc1ccc(C(=O)NC2CCN(c3ccccc3C(=O)NCc3cccc(F)c3)CC2)cc1. The van der Waals surface area contributed by atoms with E-state index in [4.69, 9.17) is 4.74 Å². The van der Waals surface area contributed by atoms with Crippen LogP contribution in [0.5, 0.6) is 5.75 Å². The molecule has 7 heteroatoms. The third-order valence-corrected chi connectivity index (χ3v) is 6.01. The zero-order valence-corrected chi connectivity index (χ0v) is 19.1. The Balaban J connectivity index is 1.34. The highest BCUT2D eigenvalue weighted by Crippen LogP contribution is 2.25. The van der Waals surface area contributed by atoms with E-state index in [0.29, 0.717) is 22.4 Å². The van der Waals surface area contributed by atoms with Gasteiger partial charge in [0.1, 0.15) is 11.6 Å². The molecule has 6 nitrogen and oxygen atoms in total. The monoisotopic (exact) mass is 461 g/mol. The first-order chi connectivity index (χ1) is 16.5. The van der Waals surface area contributed by atoms with Crippen LogP contribution in [0.3, 0.4) is 0 Å². The lowest BCUT2D eigenvalue weighted by Crippen LogP contribution is -2.45. The second-order valence-corrected chi connectivity index (χ2v) is 8.29. The quantitative estimate of drug-likeness (QED) is 0.554. The number of amides is 2. The number of nitrogens with zero attached hydrogens (tertiary/aromatic N) is 1. The minimum Gasteiger partial charge on any atom is -0.497 e. The average Bonchev–Trinajstić information content (AvgIpc) is 2.88. The highest BCUT2D eigenvalue weighted by molar-refractivity contribution is 5.99. The van der Waals surface area contributed by atoms with Gasteiger partial charge >= 0.3 is 0 Å². The molecule has 1 fully saturated rings. The van der Waals surface area contributed by atoms with Gasteiger partial charge in [-0.2, -0.15) is 0 Å². The third-order valence-electron chi connectivity index (χ3n) is 6.01. The lowest BCUT2D eigenvalue weighted by Gasteiger charge is -2.35. The van der Waals surface area contributed by atoms with E-state index >= 15 is 0 Å². The summed E-state index contributed by atoms with van der Waals surface area (Å²) in [5.41, 5.74) is 2.75. The van der Waals surface area contributed by atoms with Gasteiger partial charge in [0.2, 0.25) is 0 Å². The van der Waals surface area contributed by atoms with E-state index in [9.17, 15) is 14.0 Å². The van der Waals surface area contributed by atoms with Crippen molar-refractivity contribution in [1.29, 1.82) is 0 Å². The molecule has 0 saturated carbocycles. The van der Waals surface area contributed by atoms with Crippen molar-refractivity contribution in [2.24, 2.45) is 0 Å². The van der Waals surface area contributed by atoms with Crippen LogP contribution < -0.4 is 20.3 Å². The second-order valence-electron chi connectivity index (χ2n) is 8.29. The minimum atomic E-state index is -0.325.